The summed E-state index contributed by atoms with van der Waals surface area (Å²) >= 11 is 0. The van der Waals surface area contributed by atoms with Crippen molar-refractivity contribution in [1.82, 2.24) is 25.1 Å². The molecular weight excluding hydrogens is 374 g/mol. The molecule has 0 radical (unpaired) electrons. The van der Waals surface area contributed by atoms with Gasteiger partial charge >= 0.3 is 0 Å². The Morgan fingerprint density at radius 1 is 1.07 bits per heavy atom. The Balaban J connectivity index is 1.39. The molecule has 2 aliphatic rings. The van der Waals surface area contributed by atoms with Crippen LogP contribution in [0.2, 0.25) is 0 Å². The van der Waals surface area contributed by atoms with E-state index in [1.807, 2.05) is 6.08 Å². The van der Waals surface area contributed by atoms with Gasteiger partial charge in [-0.1, -0.05) is 37.6 Å². The maximum atomic E-state index is 5.91. The molecule has 1 saturated heterocycles. The summed E-state index contributed by atoms with van der Waals surface area (Å²) in [4.78, 5) is 13.7. The molecule has 2 aliphatic heterocycles. The quantitative estimate of drug-likeness (QED) is 0.580. The summed E-state index contributed by atoms with van der Waals surface area (Å²) < 4.78 is 0. The number of nitrogen functional groups attached to an aromatic ring is 1. The zero-order chi connectivity index (χ0) is 20.8. The van der Waals surface area contributed by atoms with Crippen molar-refractivity contribution in [3.8, 4) is 0 Å². The first-order valence-corrected chi connectivity index (χ1v) is 11.0. The summed E-state index contributed by atoms with van der Waals surface area (Å²) in [6, 6.07) is 9.03. The zero-order valence-corrected chi connectivity index (χ0v) is 17.9. The lowest BCUT2D eigenvalue weighted by Gasteiger charge is -2.28. The second kappa shape index (κ2) is 9.91. The molecule has 0 saturated carbocycles. The fourth-order valence-electron chi connectivity index (χ4n) is 4.00. The molecule has 30 heavy (non-hydrogen) atoms. The molecule has 1 aromatic carbocycles. The van der Waals surface area contributed by atoms with E-state index < -0.39 is 0 Å². The zero-order valence-electron chi connectivity index (χ0n) is 17.9. The van der Waals surface area contributed by atoms with Gasteiger partial charge in [-0.15, -0.1) is 0 Å². The number of unbranched alkanes of at least 4 members (excludes halogenated alkanes) is 1. The van der Waals surface area contributed by atoms with Crippen LogP contribution in [0.4, 0.5) is 11.8 Å². The Bertz CT molecular complexity index is 857. The number of piperazine rings is 1. The van der Waals surface area contributed by atoms with Gasteiger partial charge in [0.15, 0.2) is 0 Å². The first-order chi connectivity index (χ1) is 14.7. The molecule has 4 N–H and O–H groups in total. The monoisotopic (exact) mass is 407 g/mol. The fourth-order valence-corrected chi connectivity index (χ4v) is 4.00. The summed E-state index contributed by atoms with van der Waals surface area (Å²) in [5.74, 6) is 1.19. The predicted molar refractivity (Wildman–Crippen MR) is 123 cm³/mol. The van der Waals surface area contributed by atoms with Crippen LogP contribution in [0.25, 0.3) is 6.08 Å². The largest absolute Gasteiger partial charge is 0.370 e. The molecule has 4 rings (SSSR count). The lowest BCUT2D eigenvalue weighted by molar-refractivity contribution is 0.233. The third-order valence-electron chi connectivity index (χ3n) is 5.71. The standard InChI is InChI=1S/C23H33N7/c1-2-3-9-26-22-20-17-30(12-8-21(20)27-23(24)28-22)16-19-6-4-18(5-7-19)15-29-13-10-25-11-14-29/h4-8,12,25H,2-3,9-11,13-17H2,1H3,(H3,24,26,27,28). The van der Waals surface area contributed by atoms with Crippen molar-refractivity contribution < 1.29 is 0 Å². The van der Waals surface area contributed by atoms with Gasteiger partial charge < -0.3 is 21.3 Å². The second-order valence-corrected chi connectivity index (χ2v) is 8.14. The van der Waals surface area contributed by atoms with E-state index in [1.54, 1.807) is 0 Å². The van der Waals surface area contributed by atoms with Crippen LogP contribution in [-0.4, -0.2) is 52.5 Å². The van der Waals surface area contributed by atoms with Gasteiger partial charge in [0.1, 0.15) is 5.82 Å². The van der Waals surface area contributed by atoms with E-state index in [4.69, 9.17) is 5.73 Å². The molecule has 160 valence electrons. The molecule has 0 amide bonds. The van der Waals surface area contributed by atoms with Crippen LogP contribution in [0.1, 0.15) is 42.1 Å². The Labute approximate surface area is 179 Å². The van der Waals surface area contributed by atoms with Gasteiger partial charge in [0.2, 0.25) is 5.95 Å². The van der Waals surface area contributed by atoms with Crippen molar-refractivity contribution in [2.24, 2.45) is 0 Å². The predicted octanol–water partition coefficient (Wildman–Crippen LogP) is 2.66. The summed E-state index contributed by atoms with van der Waals surface area (Å²) in [5.41, 5.74) is 10.6. The normalized spacial score (nSPS) is 16.5. The van der Waals surface area contributed by atoms with Crippen molar-refractivity contribution in [2.45, 2.75) is 39.4 Å². The topological polar surface area (TPSA) is 82.3 Å². The minimum Gasteiger partial charge on any atom is -0.370 e. The highest BCUT2D eigenvalue weighted by molar-refractivity contribution is 5.61. The minimum absolute atomic E-state index is 0.325. The lowest BCUT2D eigenvalue weighted by Crippen LogP contribution is -2.42. The molecular formula is C23H33N7. The van der Waals surface area contributed by atoms with Gasteiger partial charge in [0, 0.05) is 64.1 Å². The highest BCUT2D eigenvalue weighted by Crippen LogP contribution is 2.26. The molecule has 2 aromatic rings. The first-order valence-electron chi connectivity index (χ1n) is 11.0. The van der Waals surface area contributed by atoms with Crippen molar-refractivity contribution in [3.63, 3.8) is 0 Å². The summed E-state index contributed by atoms with van der Waals surface area (Å²) in [6.45, 7) is 10.2. The Morgan fingerprint density at radius 2 is 1.80 bits per heavy atom. The first kappa shape index (κ1) is 20.6. The van der Waals surface area contributed by atoms with Crippen LogP contribution < -0.4 is 16.4 Å². The number of benzene rings is 1. The molecule has 1 aromatic heterocycles. The number of nitrogens with zero attached hydrogens (tertiary/aromatic N) is 4. The summed E-state index contributed by atoms with van der Waals surface area (Å²) in [6.07, 6.45) is 6.41. The molecule has 0 aliphatic carbocycles. The number of hydrogen-bond donors (Lipinski definition) is 3. The fraction of sp³-hybridized carbons (Fsp3) is 0.478. The molecule has 7 heteroatoms. The summed E-state index contributed by atoms with van der Waals surface area (Å²) in [7, 11) is 0. The number of hydrogen-bond acceptors (Lipinski definition) is 7. The van der Waals surface area contributed by atoms with Gasteiger partial charge in [-0.05, 0) is 23.6 Å². The Morgan fingerprint density at radius 3 is 2.53 bits per heavy atom. The number of aromatic nitrogens is 2. The minimum atomic E-state index is 0.325. The summed E-state index contributed by atoms with van der Waals surface area (Å²) in [5, 5.41) is 6.85. The van der Waals surface area contributed by atoms with Crippen LogP contribution in [0.3, 0.4) is 0 Å². The number of rotatable bonds is 8. The second-order valence-electron chi connectivity index (χ2n) is 8.14. The molecule has 0 bridgehead atoms. The Hall–Kier alpha value is -2.64. The van der Waals surface area contributed by atoms with Gasteiger partial charge in [-0.3, -0.25) is 4.90 Å². The molecule has 0 unspecified atom stereocenters. The smallest absolute Gasteiger partial charge is 0.222 e. The number of fused-ring (bicyclic) bond motifs is 1. The van der Waals surface area contributed by atoms with E-state index >= 15 is 0 Å². The molecule has 7 nitrogen and oxygen atoms in total. The van der Waals surface area contributed by atoms with E-state index in [0.717, 1.165) is 82.3 Å². The van der Waals surface area contributed by atoms with Gasteiger partial charge in [-0.25, -0.2) is 4.98 Å². The molecule has 3 heterocycles. The maximum absolute atomic E-state index is 5.91. The number of nitrogens with two attached hydrogens (primary N) is 1. The van der Waals surface area contributed by atoms with Gasteiger partial charge in [0.25, 0.3) is 0 Å². The van der Waals surface area contributed by atoms with Crippen molar-refractivity contribution >= 4 is 17.8 Å². The number of nitrogens with one attached hydrogen (secondary N) is 2. The van der Waals surface area contributed by atoms with Crippen LogP contribution >= 0.6 is 0 Å². The maximum Gasteiger partial charge on any atom is 0.222 e. The van der Waals surface area contributed by atoms with Crippen molar-refractivity contribution in [2.75, 3.05) is 43.8 Å². The van der Waals surface area contributed by atoms with Crippen LogP contribution in [-0.2, 0) is 19.6 Å². The third kappa shape index (κ3) is 5.29. The average Bonchev–Trinajstić information content (AvgIpc) is 2.76. The number of anilines is 2. The molecule has 0 atom stereocenters. The molecule has 0 spiro atoms. The van der Waals surface area contributed by atoms with E-state index in [-0.39, 0.29) is 0 Å². The van der Waals surface area contributed by atoms with Crippen LogP contribution in [0.5, 0.6) is 0 Å². The van der Waals surface area contributed by atoms with E-state index in [0.29, 0.717) is 5.95 Å². The highest BCUT2D eigenvalue weighted by atomic mass is 15.2. The lowest BCUT2D eigenvalue weighted by atomic mass is 10.1. The van der Waals surface area contributed by atoms with E-state index in [2.05, 4.69) is 67.8 Å². The van der Waals surface area contributed by atoms with Gasteiger partial charge in [0.05, 0.1) is 5.69 Å². The average molecular weight is 408 g/mol. The van der Waals surface area contributed by atoms with E-state index in [9.17, 15) is 0 Å². The van der Waals surface area contributed by atoms with E-state index in [1.165, 1.54) is 11.1 Å². The molecule has 1 fully saturated rings. The van der Waals surface area contributed by atoms with Gasteiger partial charge in [-0.2, -0.15) is 4.98 Å². The third-order valence-corrected chi connectivity index (χ3v) is 5.71. The van der Waals surface area contributed by atoms with Crippen LogP contribution in [0, 0.1) is 0 Å². The Kier molecular flexibility index (Phi) is 6.81. The van der Waals surface area contributed by atoms with Crippen molar-refractivity contribution in [1.29, 1.82) is 0 Å². The highest BCUT2D eigenvalue weighted by Gasteiger charge is 2.18. The van der Waals surface area contributed by atoms with Crippen molar-refractivity contribution in [3.05, 3.63) is 52.8 Å². The van der Waals surface area contributed by atoms with Crippen LogP contribution in [0.15, 0.2) is 30.5 Å². The SMILES string of the molecule is CCCCNc1nc(N)nc2c1CN(Cc1ccc(CN3CCNCC3)cc1)C=C2.